The van der Waals surface area contributed by atoms with Gasteiger partial charge in [0, 0.05) is 65.2 Å². The van der Waals surface area contributed by atoms with Gasteiger partial charge in [-0.1, -0.05) is 127 Å². The van der Waals surface area contributed by atoms with Gasteiger partial charge in [0.15, 0.2) is 17.5 Å². The van der Waals surface area contributed by atoms with E-state index in [1.165, 1.54) is 0 Å². The molecule has 0 aliphatic heterocycles. The molecule has 0 radical (unpaired) electrons. The number of hydrogen-bond acceptors (Lipinski definition) is 6. The second kappa shape index (κ2) is 11.4. The molecule has 4 aromatic heterocycles. The first kappa shape index (κ1) is 30.5. The van der Waals surface area contributed by atoms with E-state index in [-0.39, 0.29) is 0 Å². The second-order valence-electron chi connectivity index (χ2n) is 14.6. The van der Waals surface area contributed by atoms with Crippen molar-refractivity contribution in [2.75, 3.05) is 0 Å². The summed E-state index contributed by atoms with van der Waals surface area (Å²) in [7, 11) is 0. The largest absolute Gasteiger partial charge is 0.455 e. The fourth-order valence-corrected chi connectivity index (χ4v) is 8.95. The third kappa shape index (κ3) is 4.32. The number of para-hydroxylation sites is 3. The Balaban J connectivity index is 1.22. The van der Waals surface area contributed by atoms with Crippen LogP contribution in [0.2, 0.25) is 0 Å². The van der Waals surface area contributed by atoms with E-state index in [0.29, 0.717) is 17.5 Å². The molecule has 4 heterocycles. The summed E-state index contributed by atoms with van der Waals surface area (Å²) in [5.74, 6) is 1.63. The molecule has 264 valence electrons. The van der Waals surface area contributed by atoms with Crippen LogP contribution in [0.4, 0.5) is 0 Å². The van der Waals surface area contributed by atoms with E-state index in [1.807, 2.05) is 72.8 Å². The van der Waals surface area contributed by atoms with Crippen molar-refractivity contribution in [3.8, 4) is 34.2 Å². The van der Waals surface area contributed by atoms with E-state index in [1.54, 1.807) is 0 Å². The zero-order valence-corrected chi connectivity index (χ0v) is 30.2. The van der Waals surface area contributed by atoms with Crippen LogP contribution in [0, 0.1) is 0 Å². The molecule has 0 N–H and O–H groups in total. The normalized spacial score (nSPS) is 12.2. The highest BCUT2D eigenvalue weighted by atomic mass is 16.3. The molecule has 0 bridgehead atoms. The molecule has 0 amide bonds. The van der Waals surface area contributed by atoms with Crippen LogP contribution in [0.5, 0.6) is 0 Å². The van der Waals surface area contributed by atoms with E-state index in [0.717, 1.165) is 115 Å². The van der Waals surface area contributed by atoms with Crippen molar-refractivity contribution in [1.29, 1.82) is 0 Å². The lowest BCUT2D eigenvalue weighted by molar-refractivity contribution is 0.672. The first-order valence-corrected chi connectivity index (χ1v) is 19.0. The highest BCUT2D eigenvalue weighted by Crippen LogP contribution is 2.45. The number of fused-ring (bicyclic) bond motifs is 15. The maximum atomic E-state index is 6.65. The lowest BCUT2D eigenvalue weighted by Crippen LogP contribution is -2.01. The molecule has 0 spiro atoms. The van der Waals surface area contributed by atoms with Crippen LogP contribution in [-0.4, -0.2) is 15.0 Å². The molecule has 6 nitrogen and oxygen atoms in total. The fraction of sp³-hybridized carbons (Fsp3) is 0. The van der Waals surface area contributed by atoms with Crippen molar-refractivity contribution in [2.45, 2.75) is 0 Å². The van der Waals surface area contributed by atoms with Gasteiger partial charge in [-0.25, -0.2) is 15.0 Å². The van der Waals surface area contributed by atoms with Gasteiger partial charge >= 0.3 is 0 Å². The quantitative estimate of drug-likeness (QED) is 0.180. The van der Waals surface area contributed by atoms with Gasteiger partial charge in [-0.15, -0.1) is 0 Å². The highest BCUT2D eigenvalue weighted by Gasteiger charge is 2.25. The van der Waals surface area contributed by atoms with Crippen LogP contribution < -0.4 is 0 Å². The molecule has 0 atom stereocenters. The van der Waals surface area contributed by atoms with Gasteiger partial charge in [0.25, 0.3) is 0 Å². The molecule has 9 aromatic carbocycles. The zero-order chi connectivity index (χ0) is 37.2. The fourth-order valence-electron chi connectivity index (χ4n) is 8.95. The Labute approximate surface area is 323 Å². The molecular weight excluding hydrogens is 703 g/mol. The minimum absolute atomic E-state index is 0.542. The van der Waals surface area contributed by atoms with Crippen LogP contribution in [0.15, 0.2) is 177 Å². The van der Waals surface area contributed by atoms with Gasteiger partial charge in [0.05, 0.1) is 0 Å². The number of furan rings is 3. The highest BCUT2D eigenvalue weighted by molar-refractivity contribution is 6.24. The average molecular weight is 730 g/mol. The average Bonchev–Trinajstić information content (AvgIpc) is 3.98. The molecule has 13 rings (SSSR count). The van der Waals surface area contributed by atoms with Crippen LogP contribution in [0.3, 0.4) is 0 Å². The Morgan fingerprint density at radius 1 is 0.281 bits per heavy atom. The molecule has 0 aliphatic rings. The molecule has 13 aromatic rings. The monoisotopic (exact) mass is 729 g/mol. The van der Waals surface area contributed by atoms with Crippen molar-refractivity contribution in [3.63, 3.8) is 0 Å². The Hall–Kier alpha value is -7.83. The van der Waals surface area contributed by atoms with Gasteiger partial charge in [-0.3, -0.25) is 0 Å². The standard InChI is InChI=1S/C51H27N3O3/c1-4-16-31-28(13-1)25-37(43-34-19-7-10-22-40(34)55-46(31)43)49-52-50(38-26-29-14-2-5-17-32(29)47-44(38)35-20-8-11-23-41(35)56-47)54-51(53-49)39-27-30-15-3-6-18-33(30)48-45(39)36-21-9-12-24-42(36)57-48/h1-27H. The third-order valence-corrected chi connectivity index (χ3v) is 11.5. The Morgan fingerprint density at radius 2 is 0.544 bits per heavy atom. The molecule has 0 saturated heterocycles. The van der Waals surface area contributed by atoms with Crippen molar-refractivity contribution >= 4 is 98.1 Å². The van der Waals surface area contributed by atoms with E-state index in [4.69, 9.17) is 28.2 Å². The molecule has 57 heavy (non-hydrogen) atoms. The summed E-state index contributed by atoms with van der Waals surface area (Å²) in [4.78, 5) is 16.3. The summed E-state index contributed by atoms with van der Waals surface area (Å²) in [6.45, 7) is 0. The molecule has 0 unspecified atom stereocenters. The number of benzene rings is 9. The van der Waals surface area contributed by atoms with Crippen molar-refractivity contribution < 1.29 is 13.3 Å². The summed E-state index contributed by atoms with van der Waals surface area (Å²) in [6, 6.07) is 56.1. The molecular formula is C51H27N3O3. The lowest BCUT2D eigenvalue weighted by atomic mass is 9.97. The molecule has 6 heteroatoms. The summed E-state index contributed by atoms with van der Waals surface area (Å²) in [6.07, 6.45) is 0. The topological polar surface area (TPSA) is 78.1 Å². The van der Waals surface area contributed by atoms with Crippen molar-refractivity contribution in [2.24, 2.45) is 0 Å². The van der Waals surface area contributed by atoms with Crippen LogP contribution in [-0.2, 0) is 0 Å². The summed E-state index contributed by atoms with van der Waals surface area (Å²) in [5, 5.41) is 12.1. The predicted octanol–water partition coefficient (Wildman–Crippen LogP) is 14.0. The first-order valence-electron chi connectivity index (χ1n) is 19.0. The van der Waals surface area contributed by atoms with E-state index in [2.05, 4.69) is 91.0 Å². The van der Waals surface area contributed by atoms with E-state index in [9.17, 15) is 0 Å². The first-order chi connectivity index (χ1) is 28.2. The number of aromatic nitrogens is 3. The molecule has 0 aliphatic carbocycles. The van der Waals surface area contributed by atoms with E-state index >= 15 is 0 Å². The van der Waals surface area contributed by atoms with Crippen LogP contribution >= 0.6 is 0 Å². The lowest BCUT2D eigenvalue weighted by Gasteiger charge is -2.13. The van der Waals surface area contributed by atoms with E-state index < -0.39 is 0 Å². The Bertz CT molecular complexity index is 3420. The molecule has 0 fully saturated rings. The molecule has 0 saturated carbocycles. The van der Waals surface area contributed by atoms with Gasteiger partial charge in [-0.2, -0.15) is 0 Å². The minimum Gasteiger partial charge on any atom is -0.455 e. The van der Waals surface area contributed by atoms with Gasteiger partial charge in [-0.05, 0) is 52.6 Å². The van der Waals surface area contributed by atoms with Gasteiger partial charge in [0.2, 0.25) is 0 Å². The van der Waals surface area contributed by atoms with Gasteiger partial charge in [0.1, 0.15) is 33.5 Å². The smallest absolute Gasteiger partial charge is 0.164 e. The van der Waals surface area contributed by atoms with Gasteiger partial charge < -0.3 is 13.3 Å². The SMILES string of the molecule is c1ccc2c(c1)cc(-c1nc(-c3cc4ccccc4c4oc5ccccc5c34)nc(-c3cc4ccccc4c4oc5ccccc5c34)n1)c1c3ccccc3oc21. The van der Waals surface area contributed by atoms with Crippen molar-refractivity contribution in [3.05, 3.63) is 164 Å². The Kier molecular flexibility index (Phi) is 6.07. The maximum absolute atomic E-state index is 6.65. The summed E-state index contributed by atoms with van der Waals surface area (Å²) >= 11 is 0. The van der Waals surface area contributed by atoms with Crippen molar-refractivity contribution in [1.82, 2.24) is 15.0 Å². The number of rotatable bonds is 3. The number of hydrogen-bond donors (Lipinski definition) is 0. The number of nitrogens with zero attached hydrogens (tertiary/aromatic N) is 3. The summed E-state index contributed by atoms with van der Waals surface area (Å²) in [5.41, 5.74) is 7.41. The van der Waals surface area contributed by atoms with Crippen LogP contribution in [0.1, 0.15) is 0 Å². The maximum Gasteiger partial charge on any atom is 0.164 e. The minimum atomic E-state index is 0.542. The Morgan fingerprint density at radius 3 is 0.860 bits per heavy atom. The second-order valence-corrected chi connectivity index (χ2v) is 14.6. The predicted molar refractivity (Wildman–Crippen MR) is 230 cm³/mol. The third-order valence-electron chi connectivity index (χ3n) is 11.5. The van der Waals surface area contributed by atoms with Crippen LogP contribution in [0.25, 0.3) is 132 Å². The zero-order valence-electron chi connectivity index (χ0n) is 30.2. The summed E-state index contributed by atoms with van der Waals surface area (Å²) < 4.78 is 19.9.